The van der Waals surface area contributed by atoms with E-state index in [0.717, 1.165) is 51.5 Å². The maximum absolute atomic E-state index is 11.2. The molecule has 3 heterocycles. The van der Waals surface area contributed by atoms with E-state index >= 15 is 0 Å². The molecule has 0 unspecified atom stereocenters. The molecule has 166 valence electrons. The Hall–Kier alpha value is -3.65. The minimum absolute atomic E-state index is 0.243. The van der Waals surface area contributed by atoms with Crippen LogP contribution in [0.15, 0.2) is 42.5 Å². The van der Waals surface area contributed by atoms with Gasteiger partial charge in [-0.05, 0) is 61.1 Å². The number of nitrogens with zero attached hydrogens (tertiary/aromatic N) is 2. The van der Waals surface area contributed by atoms with Crippen molar-refractivity contribution in [1.82, 2.24) is 9.97 Å². The van der Waals surface area contributed by atoms with Crippen molar-refractivity contribution in [2.75, 3.05) is 12.1 Å². The van der Waals surface area contributed by atoms with Gasteiger partial charge >= 0.3 is 5.97 Å². The molecule has 0 bridgehead atoms. The van der Waals surface area contributed by atoms with Crippen molar-refractivity contribution in [2.24, 2.45) is 0 Å². The molecule has 7 nitrogen and oxygen atoms in total. The highest BCUT2D eigenvalue weighted by Gasteiger charge is 2.22. The van der Waals surface area contributed by atoms with Crippen LogP contribution in [0.2, 0.25) is 0 Å². The molecule has 2 aliphatic rings. The molecule has 8 heteroatoms. The normalized spacial score (nSPS) is 14.3. The molecule has 0 radical (unpaired) electrons. The zero-order chi connectivity index (χ0) is 22.4. The number of hydrogen-bond acceptors (Lipinski definition) is 7. The number of nitrogens with one attached hydrogen (secondary N) is 1. The van der Waals surface area contributed by atoms with Crippen molar-refractivity contribution in [3.05, 3.63) is 64.0 Å². The summed E-state index contributed by atoms with van der Waals surface area (Å²) in [4.78, 5) is 23.4. The number of aryl methyl sites for hydroxylation is 2. The lowest BCUT2D eigenvalue weighted by molar-refractivity contribution is 0.0697. The number of carboxylic acids is 1. The standard InChI is InChI=1S/C25H21N3O4S/c29-25(30)16-8-6-15(7-9-16)22-27-23(21-17-3-1-2-4-20(17)33-24(21)28-22)26-12-14-5-10-18-19(11-14)32-13-31-18/h5-11H,1-4,12-13H2,(H,29,30)(H,26,27,28). The number of fused-ring (bicyclic) bond motifs is 4. The summed E-state index contributed by atoms with van der Waals surface area (Å²) in [6.07, 6.45) is 4.51. The number of anilines is 1. The van der Waals surface area contributed by atoms with Crippen molar-refractivity contribution in [3.63, 3.8) is 0 Å². The lowest BCUT2D eigenvalue weighted by Crippen LogP contribution is -2.06. The third kappa shape index (κ3) is 3.66. The minimum Gasteiger partial charge on any atom is -0.478 e. The number of ether oxygens (including phenoxy) is 2. The smallest absolute Gasteiger partial charge is 0.335 e. The highest BCUT2D eigenvalue weighted by molar-refractivity contribution is 7.19. The molecule has 2 aromatic heterocycles. The summed E-state index contributed by atoms with van der Waals surface area (Å²) in [6, 6.07) is 12.6. The fourth-order valence-corrected chi connectivity index (χ4v) is 5.67. The van der Waals surface area contributed by atoms with Crippen LogP contribution in [0.1, 0.15) is 39.2 Å². The monoisotopic (exact) mass is 459 g/mol. The molecule has 0 spiro atoms. The second kappa shape index (κ2) is 8.04. The first-order valence-corrected chi connectivity index (χ1v) is 11.8. The fraction of sp³-hybridized carbons (Fsp3) is 0.240. The summed E-state index contributed by atoms with van der Waals surface area (Å²) in [6.45, 7) is 0.842. The predicted molar refractivity (Wildman–Crippen MR) is 126 cm³/mol. The maximum Gasteiger partial charge on any atom is 0.335 e. The number of thiophene rings is 1. The second-order valence-corrected chi connectivity index (χ2v) is 9.29. The second-order valence-electron chi connectivity index (χ2n) is 8.21. The van der Waals surface area contributed by atoms with Crippen LogP contribution < -0.4 is 14.8 Å². The maximum atomic E-state index is 11.2. The third-order valence-electron chi connectivity index (χ3n) is 6.10. The zero-order valence-corrected chi connectivity index (χ0v) is 18.6. The molecule has 0 amide bonds. The molecule has 0 saturated heterocycles. The molecule has 4 aromatic rings. The Balaban J connectivity index is 1.40. The summed E-state index contributed by atoms with van der Waals surface area (Å²) in [5, 5.41) is 13.9. The molecule has 2 aromatic carbocycles. The fourth-order valence-electron chi connectivity index (χ4n) is 4.41. The van der Waals surface area contributed by atoms with Crippen molar-refractivity contribution in [1.29, 1.82) is 0 Å². The highest BCUT2D eigenvalue weighted by Crippen LogP contribution is 2.40. The lowest BCUT2D eigenvalue weighted by Gasteiger charge is -2.14. The molecule has 1 aliphatic heterocycles. The number of aromatic nitrogens is 2. The van der Waals surface area contributed by atoms with Gasteiger partial charge in [-0.1, -0.05) is 18.2 Å². The Morgan fingerprint density at radius 2 is 1.85 bits per heavy atom. The van der Waals surface area contributed by atoms with E-state index in [1.54, 1.807) is 35.6 Å². The van der Waals surface area contributed by atoms with Gasteiger partial charge in [0.25, 0.3) is 0 Å². The van der Waals surface area contributed by atoms with Crippen LogP contribution in [0.5, 0.6) is 11.5 Å². The van der Waals surface area contributed by atoms with Crippen molar-refractivity contribution in [3.8, 4) is 22.9 Å². The summed E-state index contributed by atoms with van der Waals surface area (Å²) in [5.41, 5.74) is 3.47. The van der Waals surface area contributed by atoms with Gasteiger partial charge in [-0.2, -0.15) is 0 Å². The van der Waals surface area contributed by atoms with Gasteiger partial charge in [-0.25, -0.2) is 14.8 Å². The number of hydrogen-bond donors (Lipinski definition) is 2. The molecule has 1 aliphatic carbocycles. The van der Waals surface area contributed by atoms with Crippen LogP contribution in [0.25, 0.3) is 21.6 Å². The molecule has 2 N–H and O–H groups in total. The van der Waals surface area contributed by atoms with Gasteiger partial charge in [-0.3, -0.25) is 0 Å². The summed E-state index contributed by atoms with van der Waals surface area (Å²) >= 11 is 1.75. The van der Waals surface area contributed by atoms with E-state index in [-0.39, 0.29) is 12.4 Å². The topological polar surface area (TPSA) is 93.6 Å². The van der Waals surface area contributed by atoms with Gasteiger partial charge in [0.05, 0.1) is 10.9 Å². The van der Waals surface area contributed by atoms with E-state index in [9.17, 15) is 9.90 Å². The molecule has 33 heavy (non-hydrogen) atoms. The molecular weight excluding hydrogens is 438 g/mol. The lowest BCUT2D eigenvalue weighted by atomic mass is 9.97. The van der Waals surface area contributed by atoms with Crippen LogP contribution in [0.4, 0.5) is 5.82 Å². The first kappa shape index (κ1) is 20.0. The van der Waals surface area contributed by atoms with Gasteiger partial charge in [-0.15, -0.1) is 11.3 Å². The first-order valence-electron chi connectivity index (χ1n) is 10.9. The number of aromatic carboxylic acids is 1. The number of rotatable bonds is 5. The van der Waals surface area contributed by atoms with E-state index in [1.807, 2.05) is 18.2 Å². The van der Waals surface area contributed by atoms with Crippen LogP contribution in [0.3, 0.4) is 0 Å². The van der Waals surface area contributed by atoms with E-state index in [1.165, 1.54) is 23.3 Å². The van der Waals surface area contributed by atoms with Crippen molar-refractivity contribution < 1.29 is 19.4 Å². The number of carboxylic acid groups (broad SMARTS) is 1. The van der Waals surface area contributed by atoms with Gasteiger partial charge in [0, 0.05) is 17.0 Å². The van der Waals surface area contributed by atoms with E-state index in [4.69, 9.17) is 19.4 Å². The average molecular weight is 460 g/mol. The third-order valence-corrected chi connectivity index (χ3v) is 7.29. The molecule has 0 atom stereocenters. The summed E-state index contributed by atoms with van der Waals surface area (Å²) < 4.78 is 10.9. The van der Waals surface area contributed by atoms with Crippen LogP contribution >= 0.6 is 11.3 Å². The molecular formula is C25H21N3O4S. The quantitative estimate of drug-likeness (QED) is 0.420. The van der Waals surface area contributed by atoms with Crippen molar-refractivity contribution >= 4 is 33.3 Å². The Morgan fingerprint density at radius 1 is 1.03 bits per heavy atom. The van der Waals surface area contributed by atoms with Gasteiger partial charge in [0.15, 0.2) is 17.3 Å². The minimum atomic E-state index is -0.949. The van der Waals surface area contributed by atoms with Crippen LogP contribution in [0, 0.1) is 0 Å². The molecule has 0 saturated carbocycles. The van der Waals surface area contributed by atoms with Crippen molar-refractivity contribution in [2.45, 2.75) is 32.2 Å². The number of carbonyl (C=O) groups is 1. The zero-order valence-electron chi connectivity index (χ0n) is 17.8. The summed E-state index contributed by atoms with van der Waals surface area (Å²) in [5.74, 6) is 1.98. The Morgan fingerprint density at radius 3 is 2.70 bits per heavy atom. The van der Waals surface area contributed by atoms with E-state index < -0.39 is 5.97 Å². The van der Waals surface area contributed by atoms with Gasteiger partial charge < -0.3 is 19.9 Å². The van der Waals surface area contributed by atoms with Gasteiger partial charge in [0.1, 0.15) is 10.6 Å². The SMILES string of the molecule is O=C(O)c1ccc(-c2nc(NCc3ccc4c(c3)OCO4)c3c4c(sc3n2)CCCC4)cc1. The van der Waals surface area contributed by atoms with Crippen LogP contribution in [-0.4, -0.2) is 27.8 Å². The molecule has 0 fully saturated rings. The Bertz CT molecular complexity index is 1380. The van der Waals surface area contributed by atoms with E-state index in [2.05, 4.69) is 5.32 Å². The average Bonchev–Trinajstić information content (AvgIpc) is 3.46. The van der Waals surface area contributed by atoms with Crippen LogP contribution in [-0.2, 0) is 19.4 Å². The molecule has 6 rings (SSSR count). The Labute approximate surface area is 194 Å². The first-order chi connectivity index (χ1) is 16.2. The Kier molecular flexibility index (Phi) is 4.87. The summed E-state index contributed by atoms with van der Waals surface area (Å²) in [7, 11) is 0. The largest absolute Gasteiger partial charge is 0.478 e. The van der Waals surface area contributed by atoms with Gasteiger partial charge in [0.2, 0.25) is 6.79 Å². The van der Waals surface area contributed by atoms with E-state index in [0.29, 0.717) is 12.4 Å². The highest BCUT2D eigenvalue weighted by atomic mass is 32.1. The number of benzene rings is 2. The predicted octanol–water partition coefficient (Wildman–Crippen LogP) is 5.28.